The molecule has 68 valence electrons. The van der Waals surface area contributed by atoms with Gasteiger partial charge in [0.05, 0.1) is 5.52 Å². The summed E-state index contributed by atoms with van der Waals surface area (Å²) in [6.07, 6.45) is 0. The Kier molecular flexibility index (Phi) is 1.72. The van der Waals surface area contributed by atoms with Gasteiger partial charge in [-0.3, -0.25) is 4.57 Å². The normalized spacial score (nSPS) is 12.7. The Morgan fingerprint density at radius 3 is 2.77 bits per heavy atom. The van der Waals surface area contributed by atoms with Crippen LogP contribution in [0.25, 0.3) is 11.1 Å². The predicted molar refractivity (Wildman–Crippen MR) is 51.4 cm³/mol. The van der Waals surface area contributed by atoms with Crippen LogP contribution in [0.2, 0.25) is 0 Å². The summed E-state index contributed by atoms with van der Waals surface area (Å²) in [5.41, 5.74) is 3.80. The van der Waals surface area contributed by atoms with Crippen LogP contribution in [-0.4, -0.2) is 11.6 Å². The molecule has 0 saturated heterocycles. The summed E-state index contributed by atoms with van der Waals surface area (Å²) in [5.74, 6) is 0. The van der Waals surface area contributed by atoms with Crippen LogP contribution in [0, 0.1) is 6.92 Å². The third-order valence-electron chi connectivity index (χ3n) is 2.22. The van der Waals surface area contributed by atoms with Gasteiger partial charge in [0.2, 0.25) is 0 Å². The van der Waals surface area contributed by atoms with Gasteiger partial charge in [0.25, 0.3) is 5.68 Å². The van der Waals surface area contributed by atoms with Gasteiger partial charge >= 0.3 is 0 Å². The minimum Gasteiger partial charge on any atom is -0.423 e. The number of hydrogen-bond acceptors (Lipinski definition) is 2. The van der Waals surface area contributed by atoms with E-state index in [0.717, 1.165) is 16.7 Å². The summed E-state index contributed by atoms with van der Waals surface area (Å²) in [6, 6.07) is 6.08. The highest BCUT2D eigenvalue weighted by Crippen LogP contribution is 2.15. The van der Waals surface area contributed by atoms with Crippen molar-refractivity contribution in [1.29, 1.82) is 0 Å². The van der Waals surface area contributed by atoms with Crippen molar-refractivity contribution in [3.63, 3.8) is 0 Å². The van der Waals surface area contributed by atoms with Gasteiger partial charge in [0.1, 0.15) is 0 Å². The number of hydrogen-bond donors (Lipinski definition) is 0. The van der Waals surface area contributed by atoms with Crippen molar-refractivity contribution in [3.8, 4) is 0 Å². The molecule has 0 aliphatic heterocycles. The van der Waals surface area contributed by atoms with Crippen LogP contribution in [0.1, 0.15) is 5.56 Å². The molecule has 0 aliphatic carbocycles. The van der Waals surface area contributed by atoms with Crippen LogP contribution in [-0.2, 0) is 7.05 Å². The number of benzene rings is 1. The first kappa shape index (κ1) is 8.10. The third-order valence-corrected chi connectivity index (χ3v) is 2.22. The van der Waals surface area contributed by atoms with Crippen LogP contribution < -0.4 is 5.68 Å². The standard InChI is InChI=1S/C10H12N2O/c1-7-5-4-6-8-9(7)13-10(11-2)12(8)3/h4-6H,1-3H3. The molecule has 0 N–H and O–H groups in total. The summed E-state index contributed by atoms with van der Waals surface area (Å²) in [6.45, 7) is 2.03. The summed E-state index contributed by atoms with van der Waals surface area (Å²) < 4.78 is 7.52. The summed E-state index contributed by atoms with van der Waals surface area (Å²) in [4.78, 5) is 4.04. The molecule has 2 aromatic rings. The highest BCUT2D eigenvalue weighted by atomic mass is 16.4. The van der Waals surface area contributed by atoms with E-state index in [1.807, 2.05) is 36.7 Å². The lowest BCUT2D eigenvalue weighted by Gasteiger charge is -1.93. The largest absolute Gasteiger partial charge is 0.423 e. The second-order valence-corrected chi connectivity index (χ2v) is 3.09. The van der Waals surface area contributed by atoms with E-state index in [0.29, 0.717) is 5.68 Å². The van der Waals surface area contributed by atoms with Crippen LogP contribution in [0.3, 0.4) is 0 Å². The second kappa shape index (κ2) is 2.76. The lowest BCUT2D eigenvalue weighted by molar-refractivity contribution is 0.504. The molecular formula is C10H12N2O. The summed E-state index contributed by atoms with van der Waals surface area (Å²) in [7, 11) is 3.68. The van der Waals surface area contributed by atoms with Crippen molar-refractivity contribution < 1.29 is 4.42 Å². The highest BCUT2D eigenvalue weighted by molar-refractivity contribution is 5.76. The van der Waals surface area contributed by atoms with E-state index < -0.39 is 0 Å². The van der Waals surface area contributed by atoms with E-state index in [1.54, 1.807) is 7.05 Å². The zero-order chi connectivity index (χ0) is 9.42. The molecule has 3 nitrogen and oxygen atoms in total. The topological polar surface area (TPSA) is 30.4 Å². The smallest absolute Gasteiger partial charge is 0.297 e. The van der Waals surface area contributed by atoms with Crippen LogP contribution in [0.15, 0.2) is 27.6 Å². The molecule has 0 aliphatic rings. The quantitative estimate of drug-likeness (QED) is 0.599. The Balaban J connectivity index is 3.00. The fourth-order valence-corrected chi connectivity index (χ4v) is 1.49. The van der Waals surface area contributed by atoms with Gasteiger partial charge in [-0.2, -0.15) is 0 Å². The fraction of sp³-hybridized carbons (Fsp3) is 0.300. The fourth-order valence-electron chi connectivity index (χ4n) is 1.49. The van der Waals surface area contributed by atoms with Crippen molar-refractivity contribution >= 4 is 11.1 Å². The Labute approximate surface area is 76.3 Å². The molecular weight excluding hydrogens is 164 g/mol. The molecule has 0 unspecified atom stereocenters. The maximum Gasteiger partial charge on any atom is 0.297 e. The van der Waals surface area contributed by atoms with Crippen molar-refractivity contribution in [2.45, 2.75) is 6.92 Å². The van der Waals surface area contributed by atoms with Crippen LogP contribution >= 0.6 is 0 Å². The average molecular weight is 176 g/mol. The Bertz CT molecular complexity index is 505. The molecule has 2 rings (SSSR count). The van der Waals surface area contributed by atoms with Gasteiger partial charge in [-0.05, 0) is 18.6 Å². The number of oxazole rings is 1. The predicted octanol–water partition coefficient (Wildman–Crippen LogP) is 1.61. The first-order valence-electron chi connectivity index (χ1n) is 4.22. The number of para-hydroxylation sites is 1. The van der Waals surface area contributed by atoms with E-state index in [9.17, 15) is 0 Å². The molecule has 0 amide bonds. The number of fused-ring (bicyclic) bond motifs is 1. The van der Waals surface area contributed by atoms with Gasteiger partial charge in [0.15, 0.2) is 5.58 Å². The Morgan fingerprint density at radius 2 is 2.15 bits per heavy atom. The van der Waals surface area contributed by atoms with E-state index in [2.05, 4.69) is 4.99 Å². The van der Waals surface area contributed by atoms with Gasteiger partial charge in [-0.15, -0.1) is 0 Å². The van der Waals surface area contributed by atoms with E-state index in [4.69, 9.17) is 4.42 Å². The molecule has 0 spiro atoms. The third kappa shape index (κ3) is 1.08. The van der Waals surface area contributed by atoms with Gasteiger partial charge in [-0.1, -0.05) is 12.1 Å². The van der Waals surface area contributed by atoms with Crippen molar-refractivity contribution in [2.24, 2.45) is 12.0 Å². The molecule has 0 atom stereocenters. The monoisotopic (exact) mass is 176 g/mol. The zero-order valence-electron chi connectivity index (χ0n) is 8.03. The molecule has 1 aromatic carbocycles. The molecule has 0 radical (unpaired) electrons. The molecule has 0 saturated carbocycles. The molecule has 1 heterocycles. The van der Waals surface area contributed by atoms with Gasteiger partial charge < -0.3 is 4.42 Å². The van der Waals surface area contributed by atoms with Gasteiger partial charge in [0, 0.05) is 14.1 Å². The second-order valence-electron chi connectivity index (χ2n) is 3.09. The number of nitrogens with zero attached hydrogens (tertiary/aromatic N) is 2. The lowest BCUT2D eigenvalue weighted by atomic mass is 10.2. The van der Waals surface area contributed by atoms with E-state index in [1.165, 1.54) is 0 Å². The Morgan fingerprint density at radius 1 is 1.38 bits per heavy atom. The van der Waals surface area contributed by atoms with Gasteiger partial charge in [-0.25, -0.2) is 4.99 Å². The highest BCUT2D eigenvalue weighted by Gasteiger charge is 2.04. The first-order chi connectivity index (χ1) is 6.24. The minimum atomic E-state index is 0.657. The van der Waals surface area contributed by atoms with E-state index in [-0.39, 0.29) is 0 Å². The summed E-state index contributed by atoms with van der Waals surface area (Å²) >= 11 is 0. The number of aromatic nitrogens is 1. The Hall–Kier alpha value is -1.51. The average Bonchev–Trinajstić information content (AvgIpc) is 2.45. The lowest BCUT2D eigenvalue weighted by Crippen LogP contribution is -2.10. The molecule has 1 aromatic heterocycles. The number of aryl methyl sites for hydroxylation is 2. The maximum atomic E-state index is 5.58. The SMILES string of the molecule is CN=c1oc2c(C)cccc2n1C. The van der Waals surface area contributed by atoms with Crippen LogP contribution in [0.5, 0.6) is 0 Å². The van der Waals surface area contributed by atoms with Crippen molar-refractivity contribution in [1.82, 2.24) is 4.57 Å². The zero-order valence-corrected chi connectivity index (χ0v) is 8.03. The minimum absolute atomic E-state index is 0.657. The van der Waals surface area contributed by atoms with Crippen molar-refractivity contribution in [3.05, 3.63) is 29.4 Å². The van der Waals surface area contributed by atoms with Crippen molar-refractivity contribution in [2.75, 3.05) is 7.05 Å². The molecule has 0 fully saturated rings. The summed E-state index contributed by atoms with van der Waals surface area (Å²) in [5, 5.41) is 0. The molecule has 0 bridgehead atoms. The number of rotatable bonds is 0. The maximum absolute atomic E-state index is 5.58. The molecule has 13 heavy (non-hydrogen) atoms. The van der Waals surface area contributed by atoms with Crippen LogP contribution in [0.4, 0.5) is 0 Å². The molecule has 3 heteroatoms. The first-order valence-corrected chi connectivity index (χ1v) is 4.22. The van der Waals surface area contributed by atoms with E-state index >= 15 is 0 Å².